The van der Waals surface area contributed by atoms with Crippen LogP contribution in [-0.2, 0) is 14.9 Å². The maximum Gasteiger partial charge on any atom is 0.370 e. The van der Waals surface area contributed by atoms with Crippen molar-refractivity contribution in [3.63, 3.8) is 0 Å². The van der Waals surface area contributed by atoms with Crippen LogP contribution in [0.3, 0.4) is 0 Å². The second-order valence-electron chi connectivity index (χ2n) is 2.57. The lowest BCUT2D eigenvalue weighted by Gasteiger charge is -2.06. The molecule has 0 aliphatic carbocycles. The fraction of sp³-hybridized carbons (Fsp3) is 0. The van der Waals surface area contributed by atoms with E-state index in [0.717, 1.165) is 0 Å². The minimum absolute atomic E-state index is 0.856. The third-order valence-corrected chi connectivity index (χ3v) is 2.12. The Kier molecular flexibility index (Phi) is 3.36. The Morgan fingerprint density at radius 1 is 0.824 bits per heavy atom. The van der Waals surface area contributed by atoms with Crippen molar-refractivity contribution >= 4 is 15.7 Å². The van der Waals surface area contributed by atoms with E-state index in [0.29, 0.717) is 0 Å². The molecule has 1 aromatic rings. The smallest absolute Gasteiger partial charge is 0.370 e. The Bertz CT molecular complexity index is 553. The molecule has 0 heterocycles. The molecule has 10 heteroatoms. The van der Waals surface area contributed by atoms with Gasteiger partial charge in [0.25, 0.3) is 5.62 Å². The molecule has 0 aliphatic heterocycles. The van der Waals surface area contributed by atoms with Gasteiger partial charge in [-0.3, -0.25) is 4.79 Å². The first kappa shape index (κ1) is 13.4. The Balaban J connectivity index is 3.51. The monoisotopic (exact) mass is 276 g/mol. The molecular formula is C7HF5O4S. The molecule has 0 saturated carbocycles. The predicted octanol–water partition coefficient (Wildman–Crippen LogP) is 1.28. The molecule has 94 valence electrons. The highest BCUT2D eigenvalue weighted by molar-refractivity contribution is 8.00. The molecule has 0 atom stereocenters. The molecule has 0 radical (unpaired) electrons. The van der Waals surface area contributed by atoms with Gasteiger partial charge in [-0.1, -0.05) is 0 Å². The number of halogens is 5. The van der Waals surface area contributed by atoms with Gasteiger partial charge in [0.1, 0.15) is 0 Å². The van der Waals surface area contributed by atoms with Gasteiger partial charge < -0.3 is 4.18 Å². The number of hydrogen-bond acceptors (Lipinski definition) is 4. The van der Waals surface area contributed by atoms with E-state index >= 15 is 0 Å². The van der Waals surface area contributed by atoms with Crippen molar-refractivity contribution in [3.05, 3.63) is 29.1 Å². The van der Waals surface area contributed by atoms with Crippen molar-refractivity contribution in [1.82, 2.24) is 0 Å². The molecular weight excluding hydrogens is 275 g/mol. The van der Waals surface area contributed by atoms with Crippen LogP contribution in [0.25, 0.3) is 0 Å². The lowest BCUT2D eigenvalue weighted by molar-refractivity contribution is 0.348. The van der Waals surface area contributed by atoms with E-state index in [1.165, 1.54) is 0 Å². The summed E-state index contributed by atoms with van der Waals surface area (Å²) in [5, 5.41) is 0. The fourth-order valence-corrected chi connectivity index (χ4v) is 1.21. The number of carbonyl (C=O) groups excluding carboxylic acids is 1. The van der Waals surface area contributed by atoms with Crippen molar-refractivity contribution in [2.45, 2.75) is 0 Å². The predicted molar refractivity (Wildman–Crippen MR) is 42.5 cm³/mol. The molecule has 0 spiro atoms. The van der Waals surface area contributed by atoms with E-state index in [1.807, 2.05) is 0 Å². The molecule has 0 bridgehead atoms. The maximum atomic E-state index is 12.8. The van der Waals surface area contributed by atoms with Crippen molar-refractivity contribution in [3.8, 4) is 5.75 Å². The van der Waals surface area contributed by atoms with Gasteiger partial charge in [-0.05, 0) is 0 Å². The van der Waals surface area contributed by atoms with Crippen LogP contribution < -0.4 is 4.18 Å². The quantitative estimate of drug-likeness (QED) is 0.274. The molecule has 0 saturated heterocycles. The first-order valence-electron chi connectivity index (χ1n) is 3.62. The lowest BCUT2D eigenvalue weighted by Crippen LogP contribution is -2.14. The summed E-state index contributed by atoms with van der Waals surface area (Å²) in [6, 6.07) is 0. The fourth-order valence-electron chi connectivity index (χ4n) is 0.794. The van der Waals surface area contributed by atoms with Gasteiger partial charge in [-0.2, -0.15) is 17.2 Å². The Morgan fingerprint density at radius 2 is 1.18 bits per heavy atom. The van der Waals surface area contributed by atoms with Crippen molar-refractivity contribution in [1.29, 1.82) is 0 Å². The summed E-state index contributed by atoms with van der Waals surface area (Å²) in [6.07, 6.45) is 0. The SMILES string of the molecule is O=CS(=O)(=O)Oc1c(F)c(F)c(F)c(F)c1F. The lowest BCUT2D eigenvalue weighted by atomic mass is 10.3. The van der Waals surface area contributed by atoms with Gasteiger partial charge in [0.2, 0.25) is 34.8 Å². The van der Waals surface area contributed by atoms with Gasteiger partial charge in [-0.15, -0.1) is 0 Å². The summed E-state index contributed by atoms with van der Waals surface area (Å²) in [6.45, 7) is 0. The van der Waals surface area contributed by atoms with Crippen molar-refractivity contribution in [2.24, 2.45) is 0 Å². The van der Waals surface area contributed by atoms with Crippen LogP contribution in [0.4, 0.5) is 22.0 Å². The maximum absolute atomic E-state index is 12.8. The third-order valence-electron chi connectivity index (χ3n) is 1.49. The molecule has 0 fully saturated rings. The highest BCUT2D eigenvalue weighted by atomic mass is 32.2. The Hall–Kier alpha value is -1.71. The molecule has 0 amide bonds. The summed E-state index contributed by atoms with van der Waals surface area (Å²) in [5.41, 5.74) is -0.856. The third kappa shape index (κ3) is 2.35. The normalized spacial score (nSPS) is 11.4. The first-order chi connectivity index (χ1) is 7.71. The molecule has 0 aromatic heterocycles. The summed E-state index contributed by atoms with van der Waals surface area (Å²) in [7, 11) is -5.08. The summed E-state index contributed by atoms with van der Waals surface area (Å²) in [4.78, 5) is 9.87. The Labute approximate surface area is 90.7 Å². The van der Waals surface area contributed by atoms with Crippen LogP contribution in [-0.4, -0.2) is 14.0 Å². The van der Waals surface area contributed by atoms with Gasteiger partial charge >= 0.3 is 10.1 Å². The van der Waals surface area contributed by atoms with Gasteiger partial charge in [-0.25, -0.2) is 13.2 Å². The molecule has 17 heavy (non-hydrogen) atoms. The molecule has 0 N–H and O–H groups in total. The van der Waals surface area contributed by atoms with Crippen LogP contribution in [0.5, 0.6) is 5.75 Å². The number of rotatable bonds is 3. The van der Waals surface area contributed by atoms with Crippen LogP contribution in [0.15, 0.2) is 0 Å². The van der Waals surface area contributed by atoms with Crippen molar-refractivity contribution < 1.29 is 39.3 Å². The Morgan fingerprint density at radius 3 is 1.53 bits per heavy atom. The molecule has 0 aliphatic rings. The van der Waals surface area contributed by atoms with Crippen LogP contribution in [0.1, 0.15) is 0 Å². The summed E-state index contributed by atoms with van der Waals surface area (Å²) in [5.74, 6) is -14.3. The number of benzene rings is 1. The largest absolute Gasteiger partial charge is 0.371 e. The van der Waals surface area contributed by atoms with E-state index < -0.39 is 50.6 Å². The van der Waals surface area contributed by atoms with Crippen molar-refractivity contribution in [2.75, 3.05) is 0 Å². The van der Waals surface area contributed by atoms with Crippen LogP contribution >= 0.6 is 0 Å². The average molecular weight is 276 g/mol. The molecule has 0 unspecified atom stereocenters. The zero-order chi connectivity index (χ0) is 13.4. The van der Waals surface area contributed by atoms with Crippen LogP contribution in [0, 0.1) is 29.1 Å². The molecule has 4 nitrogen and oxygen atoms in total. The van der Waals surface area contributed by atoms with Gasteiger partial charge in [0.15, 0.2) is 0 Å². The van der Waals surface area contributed by atoms with E-state index in [1.54, 1.807) is 0 Å². The first-order valence-corrected chi connectivity index (χ1v) is 5.09. The van der Waals surface area contributed by atoms with Gasteiger partial charge in [0, 0.05) is 0 Å². The standard InChI is InChI=1S/C7HF5O4S/c8-2-3(9)5(11)7(6(12)4(2)10)16-17(14,15)1-13/h1H. The second-order valence-corrected chi connectivity index (χ2v) is 3.92. The molecule has 1 rings (SSSR count). The molecule has 1 aromatic carbocycles. The summed E-state index contributed by atoms with van der Waals surface area (Å²) < 4.78 is 87.8. The highest BCUT2D eigenvalue weighted by Gasteiger charge is 2.29. The highest BCUT2D eigenvalue weighted by Crippen LogP contribution is 2.29. The van der Waals surface area contributed by atoms with Crippen LogP contribution in [0.2, 0.25) is 0 Å². The van der Waals surface area contributed by atoms with E-state index in [2.05, 4.69) is 4.18 Å². The zero-order valence-corrected chi connectivity index (χ0v) is 8.32. The van der Waals surface area contributed by atoms with Gasteiger partial charge in [0.05, 0.1) is 0 Å². The summed E-state index contributed by atoms with van der Waals surface area (Å²) >= 11 is 0. The minimum atomic E-state index is -5.08. The van der Waals surface area contributed by atoms with E-state index in [9.17, 15) is 35.2 Å². The zero-order valence-electron chi connectivity index (χ0n) is 7.51. The number of hydrogen-bond donors (Lipinski definition) is 0. The minimum Gasteiger partial charge on any atom is -0.371 e. The number of carbonyl (C=O) groups is 1. The van der Waals surface area contributed by atoms with E-state index in [4.69, 9.17) is 0 Å². The second kappa shape index (κ2) is 4.28. The average Bonchev–Trinajstić information content (AvgIpc) is 2.30. The van der Waals surface area contributed by atoms with E-state index in [-0.39, 0.29) is 0 Å². The topological polar surface area (TPSA) is 60.4 Å².